The number of carbonyl (C=O) groups excluding carboxylic acids is 1. The lowest BCUT2D eigenvalue weighted by atomic mass is 10.1. The highest BCUT2D eigenvalue weighted by Gasteiger charge is 2.15. The molecule has 5 nitrogen and oxygen atoms in total. The van der Waals surface area contributed by atoms with E-state index in [9.17, 15) is 18.3 Å². The zero-order valence-corrected chi connectivity index (χ0v) is 14.0. The van der Waals surface area contributed by atoms with Gasteiger partial charge in [0.1, 0.15) is 5.75 Å². The van der Waals surface area contributed by atoms with Gasteiger partial charge in [-0.25, -0.2) is 8.42 Å². The molecular weight excluding hydrogens is 314 g/mol. The van der Waals surface area contributed by atoms with Crippen LogP contribution in [0.1, 0.15) is 34.5 Å². The normalized spacial score (nSPS) is 12.7. The minimum atomic E-state index is -3.24. The van der Waals surface area contributed by atoms with Crippen molar-refractivity contribution >= 4 is 15.7 Å². The van der Waals surface area contributed by atoms with Crippen molar-refractivity contribution in [2.75, 3.05) is 6.26 Å². The molecule has 2 aromatic rings. The van der Waals surface area contributed by atoms with Gasteiger partial charge in [-0.1, -0.05) is 18.2 Å². The van der Waals surface area contributed by atoms with Crippen LogP contribution in [0.15, 0.2) is 47.4 Å². The number of amides is 1. The topological polar surface area (TPSA) is 83.5 Å². The summed E-state index contributed by atoms with van der Waals surface area (Å²) in [5.41, 5.74) is 1.84. The first kappa shape index (κ1) is 17.0. The summed E-state index contributed by atoms with van der Waals surface area (Å²) in [7, 11) is -3.24. The molecule has 1 amide bonds. The van der Waals surface area contributed by atoms with Crippen LogP contribution in [0.25, 0.3) is 0 Å². The number of aromatic hydroxyl groups is 1. The van der Waals surface area contributed by atoms with E-state index in [1.54, 1.807) is 31.2 Å². The summed E-state index contributed by atoms with van der Waals surface area (Å²) in [5, 5.41) is 12.6. The van der Waals surface area contributed by atoms with Crippen molar-refractivity contribution in [3.05, 3.63) is 59.2 Å². The lowest BCUT2D eigenvalue weighted by Gasteiger charge is -2.15. The van der Waals surface area contributed by atoms with Crippen LogP contribution in [0.4, 0.5) is 0 Å². The molecule has 1 unspecified atom stereocenters. The Hall–Kier alpha value is -2.34. The van der Waals surface area contributed by atoms with E-state index in [-0.39, 0.29) is 28.2 Å². The number of phenolic OH excluding ortho intramolecular Hbond substituents is 1. The average Bonchev–Trinajstić information content (AvgIpc) is 2.46. The van der Waals surface area contributed by atoms with Crippen LogP contribution < -0.4 is 5.32 Å². The van der Waals surface area contributed by atoms with Crippen molar-refractivity contribution in [3.63, 3.8) is 0 Å². The van der Waals surface area contributed by atoms with Crippen molar-refractivity contribution in [2.45, 2.75) is 24.8 Å². The quantitative estimate of drug-likeness (QED) is 0.901. The first-order valence-electron chi connectivity index (χ1n) is 7.09. The van der Waals surface area contributed by atoms with Gasteiger partial charge in [-0.05, 0) is 49.2 Å². The van der Waals surface area contributed by atoms with Crippen molar-refractivity contribution in [1.29, 1.82) is 0 Å². The Bertz CT molecular complexity index is 826. The summed E-state index contributed by atoms with van der Waals surface area (Å²) in [6.07, 6.45) is 1.15. The summed E-state index contributed by atoms with van der Waals surface area (Å²) in [6.45, 7) is 3.62. The van der Waals surface area contributed by atoms with Gasteiger partial charge in [0.25, 0.3) is 5.91 Å². The second-order valence-corrected chi connectivity index (χ2v) is 7.57. The molecule has 0 aliphatic rings. The van der Waals surface area contributed by atoms with Gasteiger partial charge in [0.05, 0.1) is 16.5 Å². The molecule has 0 saturated heterocycles. The summed E-state index contributed by atoms with van der Waals surface area (Å²) in [5.74, 6) is -0.454. The molecule has 6 heteroatoms. The van der Waals surface area contributed by atoms with E-state index in [1.165, 1.54) is 18.2 Å². The summed E-state index contributed by atoms with van der Waals surface area (Å²) < 4.78 is 22.9. The van der Waals surface area contributed by atoms with E-state index in [4.69, 9.17) is 0 Å². The van der Waals surface area contributed by atoms with Gasteiger partial charge in [0.15, 0.2) is 9.84 Å². The van der Waals surface area contributed by atoms with Crippen LogP contribution in [-0.2, 0) is 9.84 Å². The van der Waals surface area contributed by atoms with E-state index in [0.29, 0.717) is 0 Å². The molecule has 1 atom stereocenters. The summed E-state index contributed by atoms with van der Waals surface area (Å²) in [4.78, 5) is 12.5. The van der Waals surface area contributed by atoms with E-state index >= 15 is 0 Å². The molecule has 0 heterocycles. The SMILES string of the molecule is Cc1ccc(C(=O)NC(C)c2ccc(S(C)(=O)=O)cc2)c(O)c1. The maximum absolute atomic E-state index is 12.2. The molecule has 0 spiro atoms. The third kappa shape index (κ3) is 4.10. The standard InChI is InChI=1S/C17H19NO4S/c1-11-4-9-15(16(19)10-11)17(20)18-12(2)13-5-7-14(8-6-13)23(3,21)22/h4-10,12,19H,1-3H3,(H,18,20). The smallest absolute Gasteiger partial charge is 0.255 e. The van der Waals surface area contributed by atoms with Gasteiger partial charge in [-0.3, -0.25) is 4.79 Å². The first-order chi connectivity index (χ1) is 10.7. The predicted octanol–water partition coefficient (Wildman–Crippen LogP) is 2.60. The Labute approximate surface area is 135 Å². The first-order valence-corrected chi connectivity index (χ1v) is 8.98. The number of hydrogen-bond donors (Lipinski definition) is 2. The number of carbonyl (C=O) groups is 1. The Kier molecular flexibility index (Phi) is 4.75. The van der Waals surface area contributed by atoms with Gasteiger partial charge in [0.2, 0.25) is 0 Å². The minimum absolute atomic E-state index is 0.0675. The molecule has 2 N–H and O–H groups in total. The molecule has 2 aromatic carbocycles. The molecule has 0 bridgehead atoms. The highest BCUT2D eigenvalue weighted by Crippen LogP contribution is 2.21. The number of sulfone groups is 1. The molecule has 2 rings (SSSR count). The number of benzene rings is 2. The van der Waals surface area contributed by atoms with Crippen molar-refractivity contribution in [2.24, 2.45) is 0 Å². The fourth-order valence-electron chi connectivity index (χ4n) is 2.20. The average molecular weight is 333 g/mol. The second-order valence-electron chi connectivity index (χ2n) is 5.56. The van der Waals surface area contributed by atoms with Crippen LogP contribution in [0.5, 0.6) is 5.75 Å². The largest absolute Gasteiger partial charge is 0.507 e. The number of aryl methyl sites for hydroxylation is 1. The van der Waals surface area contributed by atoms with E-state index < -0.39 is 9.84 Å². The maximum Gasteiger partial charge on any atom is 0.255 e. The second kappa shape index (κ2) is 6.42. The van der Waals surface area contributed by atoms with Crippen LogP contribution in [0.2, 0.25) is 0 Å². The van der Waals surface area contributed by atoms with Crippen LogP contribution in [0.3, 0.4) is 0 Å². The highest BCUT2D eigenvalue weighted by molar-refractivity contribution is 7.90. The van der Waals surface area contributed by atoms with E-state index in [0.717, 1.165) is 17.4 Å². The van der Waals surface area contributed by atoms with Crippen LogP contribution in [-0.4, -0.2) is 25.7 Å². The molecule has 0 saturated carbocycles. The molecule has 0 aromatic heterocycles. The Balaban J connectivity index is 2.15. The number of nitrogens with one attached hydrogen (secondary N) is 1. The Morgan fingerprint density at radius 3 is 2.26 bits per heavy atom. The summed E-state index contributed by atoms with van der Waals surface area (Å²) >= 11 is 0. The highest BCUT2D eigenvalue weighted by atomic mass is 32.2. The third-order valence-corrected chi connectivity index (χ3v) is 4.68. The molecule has 0 radical (unpaired) electrons. The van der Waals surface area contributed by atoms with Gasteiger partial charge < -0.3 is 10.4 Å². The van der Waals surface area contributed by atoms with Gasteiger partial charge in [-0.15, -0.1) is 0 Å². The molecular formula is C17H19NO4S. The van der Waals surface area contributed by atoms with Gasteiger partial charge in [0, 0.05) is 6.26 Å². The van der Waals surface area contributed by atoms with E-state index in [2.05, 4.69) is 5.32 Å². The monoisotopic (exact) mass is 333 g/mol. The molecule has 23 heavy (non-hydrogen) atoms. The number of phenols is 1. The summed E-state index contributed by atoms with van der Waals surface area (Å²) in [6, 6.07) is 10.9. The molecule has 0 aliphatic heterocycles. The maximum atomic E-state index is 12.2. The number of hydrogen-bond acceptors (Lipinski definition) is 4. The predicted molar refractivity (Wildman–Crippen MR) is 88.3 cm³/mol. The Morgan fingerprint density at radius 2 is 1.74 bits per heavy atom. The van der Waals surface area contributed by atoms with Crippen molar-refractivity contribution in [1.82, 2.24) is 5.32 Å². The van der Waals surface area contributed by atoms with E-state index in [1.807, 2.05) is 6.92 Å². The van der Waals surface area contributed by atoms with Crippen molar-refractivity contribution in [3.8, 4) is 5.75 Å². The Morgan fingerprint density at radius 1 is 1.13 bits per heavy atom. The fraction of sp³-hybridized carbons (Fsp3) is 0.235. The lowest BCUT2D eigenvalue weighted by molar-refractivity contribution is 0.0937. The molecule has 0 fully saturated rings. The number of rotatable bonds is 4. The molecule has 0 aliphatic carbocycles. The fourth-order valence-corrected chi connectivity index (χ4v) is 2.83. The lowest BCUT2D eigenvalue weighted by Crippen LogP contribution is -2.26. The van der Waals surface area contributed by atoms with Gasteiger partial charge >= 0.3 is 0 Å². The zero-order valence-electron chi connectivity index (χ0n) is 13.2. The van der Waals surface area contributed by atoms with Crippen molar-refractivity contribution < 1.29 is 18.3 Å². The molecule has 122 valence electrons. The minimum Gasteiger partial charge on any atom is -0.507 e. The van der Waals surface area contributed by atoms with Gasteiger partial charge in [-0.2, -0.15) is 0 Å². The van der Waals surface area contributed by atoms with Crippen LogP contribution >= 0.6 is 0 Å². The van der Waals surface area contributed by atoms with Crippen LogP contribution in [0, 0.1) is 6.92 Å². The third-order valence-electron chi connectivity index (χ3n) is 3.55. The zero-order chi connectivity index (χ0) is 17.2.